The summed E-state index contributed by atoms with van der Waals surface area (Å²) in [5.41, 5.74) is 6.69. The van der Waals surface area contributed by atoms with Crippen LogP contribution in [0, 0.1) is 0 Å². The fraction of sp³-hybridized carbons (Fsp3) is 0.154. The van der Waals surface area contributed by atoms with E-state index in [1.165, 1.54) is 0 Å². The van der Waals surface area contributed by atoms with Gasteiger partial charge in [-0.3, -0.25) is 4.79 Å². The maximum absolute atomic E-state index is 11.4. The van der Waals surface area contributed by atoms with E-state index in [1.54, 1.807) is 17.0 Å². The standard InChI is InChI=1S/C13H13BrN2O2/c14-11-6-16(7-12(15)13(11)17)9-18-8-10-4-2-1-3-5-10/h1-7H,8-9,15H2. The molecule has 18 heavy (non-hydrogen) atoms. The third-order valence-corrected chi connectivity index (χ3v) is 2.98. The van der Waals surface area contributed by atoms with Gasteiger partial charge in [-0.05, 0) is 21.5 Å². The lowest BCUT2D eigenvalue weighted by molar-refractivity contribution is 0.0636. The lowest BCUT2D eigenvalue weighted by atomic mass is 10.2. The quantitative estimate of drug-likeness (QED) is 0.943. The summed E-state index contributed by atoms with van der Waals surface area (Å²) < 4.78 is 7.70. The number of halogens is 1. The highest BCUT2D eigenvalue weighted by molar-refractivity contribution is 9.10. The average Bonchev–Trinajstić information content (AvgIpc) is 2.37. The van der Waals surface area contributed by atoms with Gasteiger partial charge in [0.1, 0.15) is 6.73 Å². The molecule has 0 atom stereocenters. The van der Waals surface area contributed by atoms with Gasteiger partial charge in [-0.2, -0.15) is 0 Å². The summed E-state index contributed by atoms with van der Waals surface area (Å²) in [7, 11) is 0. The van der Waals surface area contributed by atoms with E-state index in [-0.39, 0.29) is 11.1 Å². The maximum atomic E-state index is 11.4. The molecule has 0 aliphatic heterocycles. The largest absolute Gasteiger partial charge is 0.394 e. The van der Waals surface area contributed by atoms with Crippen LogP contribution in [0.2, 0.25) is 0 Å². The molecule has 0 fully saturated rings. The highest BCUT2D eigenvalue weighted by atomic mass is 79.9. The first-order valence-corrected chi connectivity index (χ1v) is 6.23. The first-order chi connectivity index (χ1) is 8.66. The number of hydrogen-bond acceptors (Lipinski definition) is 3. The highest BCUT2D eigenvalue weighted by Crippen LogP contribution is 2.07. The van der Waals surface area contributed by atoms with Crippen molar-refractivity contribution in [2.75, 3.05) is 5.73 Å². The van der Waals surface area contributed by atoms with Gasteiger partial charge < -0.3 is 15.0 Å². The third kappa shape index (κ3) is 3.21. The Labute approximate surface area is 113 Å². The van der Waals surface area contributed by atoms with Crippen LogP contribution in [0.15, 0.2) is 52.0 Å². The summed E-state index contributed by atoms with van der Waals surface area (Å²) in [6, 6.07) is 9.88. The first kappa shape index (κ1) is 12.9. The lowest BCUT2D eigenvalue weighted by Crippen LogP contribution is -2.14. The van der Waals surface area contributed by atoms with Gasteiger partial charge in [0.15, 0.2) is 0 Å². The van der Waals surface area contributed by atoms with Crippen molar-refractivity contribution in [2.24, 2.45) is 0 Å². The van der Waals surface area contributed by atoms with Crippen molar-refractivity contribution >= 4 is 21.6 Å². The number of benzene rings is 1. The minimum absolute atomic E-state index is 0.200. The number of nitrogens with two attached hydrogens (primary N) is 1. The van der Waals surface area contributed by atoms with E-state index in [4.69, 9.17) is 10.5 Å². The topological polar surface area (TPSA) is 57.2 Å². The van der Waals surface area contributed by atoms with Gasteiger partial charge >= 0.3 is 0 Å². The fourth-order valence-electron chi connectivity index (χ4n) is 1.53. The molecule has 0 bridgehead atoms. The zero-order chi connectivity index (χ0) is 13.0. The molecule has 0 aliphatic rings. The molecule has 0 saturated carbocycles. The summed E-state index contributed by atoms with van der Waals surface area (Å²) >= 11 is 3.16. The minimum atomic E-state index is -0.200. The molecule has 2 aromatic rings. The second-order valence-electron chi connectivity index (χ2n) is 3.87. The Morgan fingerprint density at radius 2 is 1.94 bits per heavy atom. The number of nitrogens with zero attached hydrogens (tertiary/aromatic N) is 1. The molecule has 1 aromatic heterocycles. The number of anilines is 1. The Balaban J connectivity index is 1.97. The van der Waals surface area contributed by atoms with E-state index in [1.807, 2.05) is 30.3 Å². The molecule has 94 valence electrons. The Morgan fingerprint density at radius 3 is 2.61 bits per heavy atom. The van der Waals surface area contributed by atoms with Crippen LogP contribution in [0.3, 0.4) is 0 Å². The zero-order valence-electron chi connectivity index (χ0n) is 9.67. The minimum Gasteiger partial charge on any atom is -0.394 e. The Kier molecular flexibility index (Phi) is 4.17. The Hall–Kier alpha value is -1.59. The van der Waals surface area contributed by atoms with Gasteiger partial charge in [0.25, 0.3) is 0 Å². The van der Waals surface area contributed by atoms with Gasteiger partial charge in [0, 0.05) is 12.4 Å². The van der Waals surface area contributed by atoms with Crippen molar-refractivity contribution in [1.29, 1.82) is 0 Å². The van der Waals surface area contributed by atoms with Crippen LogP contribution in [0.5, 0.6) is 0 Å². The van der Waals surface area contributed by atoms with Crippen LogP contribution in [-0.2, 0) is 18.1 Å². The number of nitrogen functional groups attached to an aromatic ring is 1. The summed E-state index contributed by atoms with van der Waals surface area (Å²) in [6.07, 6.45) is 3.22. The highest BCUT2D eigenvalue weighted by Gasteiger charge is 2.02. The van der Waals surface area contributed by atoms with E-state index in [0.717, 1.165) is 5.56 Å². The van der Waals surface area contributed by atoms with Crippen molar-refractivity contribution in [3.8, 4) is 0 Å². The molecule has 0 aliphatic carbocycles. The molecule has 0 spiro atoms. The number of hydrogen-bond donors (Lipinski definition) is 1. The predicted molar refractivity (Wildman–Crippen MR) is 74.0 cm³/mol. The molecule has 2 N–H and O–H groups in total. The summed E-state index contributed by atoms with van der Waals surface area (Å²) in [5.74, 6) is 0. The van der Waals surface area contributed by atoms with Gasteiger partial charge in [-0.25, -0.2) is 0 Å². The maximum Gasteiger partial charge on any atom is 0.218 e. The molecule has 0 saturated heterocycles. The number of ether oxygens (including phenoxy) is 1. The molecule has 1 heterocycles. The first-order valence-electron chi connectivity index (χ1n) is 5.43. The van der Waals surface area contributed by atoms with Gasteiger partial charge in [0.05, 0.1) is 16.8 Å². The zero-order valence-corrected chi connectivity index (χ0v) is 11.3. The van der Waals surface area contributed by atoms with Crippen LogP contribution in [0.4, 0.5) is 5.69 Å². The van der Waals surface area contributed by atoms with Crippen molar-refractivity contribution in [3.63, 3.8) is 0 Å². The van der Waals surface area contributed by atoms with Gasteiger partial charge in [-0.1, -0.05) is 30.3 Å². The second kappa shape index (κ2) is 5.84. The summed E-state index contributed by atoms with van der Waals surface area (Å²) in [6.45, 7) is 0.864. The van der Waals surface area contributed by atoms with Crippen molar-refractivity contribution < 1.29 is 4.74 Å². The monoisotopic (exact) mass is 308 g/mol. The van der Waals surface area contributed by atoms with E-state index < -0.39 is 0 Å². The van der Waals surface area contributed by atoms with Crippen LogP contribution in [0.25, 0.3) is 0 Å². The fourth-order valence-corrected chi connectivity index (χ4v) is 2.03. The van der Waals surface area contributed by atoms with Crippen molar-refractivity contribution in [3.05, 3.63) is 63.0 Å². The van der Waals surface area contributed by atoms with E-state index in [0.29, 0.717) is 17.8 Å². The van der Waals surface area contributed by atoms with E-state index >= 15 is 0 Å². The van der Waals surface area contributed by atoms with Crippen molar-refractivity contribution in [2.45, 2.75) is 13.3 Å². The lowest BCUT2D eigenvalue weighted by Gasteiger charge is -2.09. The molecule has 5 heteroatoms. The molecule has 0 radical (unpaired) electrons. The van der Waals surface area contributed by atoms with Crippen LogP contribution < -0.4 is 11.2 Å². The Morgan fingerprint density at radius 1 is 1.22 bits per heavy atom. The van der Waals surface area contributed by atoms with Crippen LogP contribution in [0.1, 0.15) is 5.56 Å². The molecule has 0 unspecified atom stereocenters. The van der Waals surface area contributed by atoms with Crippen molar-refractivity contribution in [1.82, 2.24) is 4.57 Å². The van der Waals surface area contributed by atoms with Crippen LogP contribution >= 0.6 is 15.9 Å². The van der Waals surface area contributed by atoms with Gasteiger partial charge in [0.2, 0.25) is 5.43 Å². The molecular weight excluding hydrogens is 296 g/mol. The Bertz CT molecular complexity index is 555. The normalized spacial score (nSPS) is 10.5. The molecule has 0 amide bonds. The molecular formula is C13H13BrN2O2. The smallest absolute Gasteiger partial charge is 0.218 e. The molecule has 4 nitrogen and oxygen atoms in total. The van der Waals surface area contributed by atoms with Crippen LogP contribution in [-0.4, -0.2) is 4.57 Å². The summed E-state index contributed by atoms with van der Waals surface area (Å²) in [4.78, 5) is 11.4. The predicted octanol–water partition coefficient (Wildman–Crippen LogP) is 2.37. The number of aromatic nitrogens is 1. The number of pyridine rings is 1. The summed E-state index contributed by atoms with van der Waals surface area (Å²) in [5, 5.41) is 0. The third-order valence-electron chi connectivity index (χ3n) is 2.42. The average molecular weight is 309 g/mol. The molecule has 1 aromatic carbocycles. The van der Waals surface area contributed by atoms with Gasteiger partial charge in [-0.15, -0.1) is 0 Å². The van der Waals surface area contributed by atoms with E-state index in [9.17, 15) is 4.79 Å². The SMILES string of the molecule is Nc1cn(COCc2ccccc2)cc(Br)c1=O. The van der Waals surface area contributed by atoms with E-state index in [2.05, 4.69) is 15.9 Å². The molecule has 2 rings (SSSR count). The second-order valence-corrected chi connectivity index (χ2v) is 4.72. The number of rotatable bonds is 4.